The maximum absolute atomic E-state index is 12.3. The Labute approximate surface area is 123 Å². The van der Waals surface area contributed by atoms with Crippen molar-refractivity contribution in [3.05, 3.63) is 28.8 Å². The molecule has 0 saturated carbocycles. The smallest absolute Gasteiger partial charge is 0.255 e. The quantitative estimate of drug-likeness (QED) is 0.767. The van der Waals surface area contributed by atoms with Gasteiger partial charge < -0.3 is 15.7 Å². The highest BCUT2D eigenvalue weighted by Crippen LogP contribution is 2.28. The van der Waals surface area contributed by atoms with Crippen molar-refractivity contribution < 1.29 is 14.7 Å². The molecule has 0 spiro atoms. The zero-order valence-electron chi connectivity index (χ0n) is 11.9. The van der Waals surface area contributed by atoms with Crippen molar-refractivity contribution in [1.82, 2.24) is 10.6 Å². The number of aromatic hydroxyl groups is 1. The molecule has 3 rings (SSSR count). The average Bonchev–Trinajstić information content (AvgIpc) is 2.49. The van der Waals surface area contributed by atoms with Crippen LogP contribution >= 0.6 is 0 Å². The van der Waals surface area contributed by atoms with E-state index in [1.807, 2.05) is 6.07 Å². The number of carbonyl (C=O) groups is 2. The number of piperidine rings is 1. The van der Waals surface area contributed by atoms with Crippen LogP contribution in [0, 0.1) is 0 Å². The summed E-state index contributed by atoms with van der Waals surface area (Å²) in [5.41, 5.74) is 2.66. The number of hydrogen-bond donors (Lipinski definition) is 3. The number of benzene rings is 1. The number of aryl methyl sites for hydroxylation is 2. The summed E-state index contributed by atoms with van der Waals surface area (Å²) < 4.78 is 0. The summed E-state index contributed by atoms with van der Waals surface area (Å²) in [5.74, 6) is -0.188. The predicted molar refractivity (Wildman–Crippen MR) is 78.2 cm³/mol. The molecule has 2 amide bonds. The average molecular weight is 288 g/mol. The summed E-state index contributed by atoms with van der Waals surface area (Å²) in [5, 5.41) is 15.7. The highest BCUT2D eigenvalue weighted by atomic mass is 16.3. The molecule has 5 nitrogen and oxygen atoms in total. The third-order valence-electron chi connectivity index (χ3n) is 4.31. The lowest BCUT2D eigenvalue weighted by atomic mass is 9.89. The van der Waals surface area contributed by atoms with Crippen LogP contribution in [0.4, 0.5) is 0 Å². The van der Waals surface area contributed by atoms with Crippen molar-refractivity contribution in [3.8, 4) is 5.75 Å². The number of phenolic OH excluding ortho intramolecular Hbond substituents is 1. The van der Waals surface area contributed by atoms with Gasteiger partial charge in [-0.25, -0.2) is 0 Å². The molecule has 0 aromatic heterocycles. The Morgan fingerprint density at radius 1 is 1.19 bits per heavy atom. The molecule has 1 heterocycles. The second-order valence-corrected chi connectivity index (χ2v) is 5.86. The van der Waals surface area contributed by atoms with Crippen molar-refractivity contribution in [3.63, 3.8) is 0 Å². The first-order chi connectivity index (χ1) is 10.1. The van der Waals surface area contributed by atoms with Crippen LogP contribution in [0.1, 0.15) is 47.2 Å². The molecule has 1 aromatic carbocycles. The third kappa shape index (κ3) is 3.01. The van der Waals surface area contributed by atoms with E-state index in [4.69, 9.17) is 0 Å². The van der Waals surface area contributed by atoms with E-state index in [0.717, 1.165) is 31.2 Å². The summed E-state index contributed by atoms with van der Waals surface area (Å²) in [4.78, 5) is 23.4. The van der Waals surface area contributed by atoms with E-state index >= 15 is 0 Å². The molecule has 1 atom stereocenters. The second-order valence-electron chi connectivity index (χ2n) is 5.86. The Morgan fingerprint density at radius 2 is 1.90 bits per heavy atom. The lowest BCUT2D eigenvalue weighted by molar-refractivity contribution is -0.122. The molecule has 2 aliphatic rings. The minimum atomic E-state index is -0.262. The van der Waals surface area contributed by atoms with Crippen LogP contribution in [-0.2, 0) is 17.6 Å². The Morgan fingerprint density at radius 3 is 2.57 bits per heavy atom. The molecular weight excluding hydrogens is 268 g/mol. The Balaban J connectivity index is 1.73. The van der Waals surface area contributed by atoms with Crippen LogP contribution in [0.15, 0.2) is 12.1 Å². The fraction of sp³-hybridized carbons (Fsp3) is 0.500. The van der Waals surface area contributed by atoms with Gasteiger partial charge in [0.2, 0.25) is 5.91 Å². The topological polar surface area (TPSA) is 78.4 Å². The monoisotopic (exact) mass is 288 g/mol. The highest BCUT2D eigenvalue weighted by molar-refractivity contribution is 5.97. The van der Waals surface area contributed by atoms with Crippen molar-refractivity contribution in [2.24, 2.45) is 0 Å². The summed E-state index contributed by atoms with van der Waals surface area (Å²) in [6.07, 6.45) is 5.28. The van der Waals surface area contributed by atoms with E-state index < -0.39 is 0 Å². The van der Waals surface area contributed by atoms with Gasteiger partial charge in [0, 0.05) is 19.0 Å². The van der Waals surface area contributed by atoms with Crippen molar-refractivity contribution >= 4 is 11.8 Å². The first kappa shape index (κ1) is 13.9. The molecule has 5 heteroatoms. The first-order valence-electron chi connectivity index (χ1n) is 7.56. The number of carbonyl (C=O) groups excluding carboxylic acids is 2. The van der Waals surface area contributed by atoms with Gasteiger partial charge in [-0.05, 0) is 55.4 Å². The molecule has 21 heavy (non-hydrogen) atoms. The Hall–Kier alpha value is -2.04. The van der Waals surface area contributed by atoms with Gasteiger partial charge in [-0.15, -0.1) is 0 Å². The third-order valence-corrected chi connectivity index (χ3v) is 4.31. The molecule has 1 fully saturated rings. The first-order valence-corrected chi connectivity index (χ1v) is 7.56. The molecular formula is C16H20N2O3. The number of nitrogens with one attached hydrogen (secondary N) is 2. The standard InChI is InChI=1S/C16H20N2O3/c19-14-8-11-4-2-1-3-10(11)7-13(14)16(21)18-12-5-6-15(20)17-9-12/h7-8,12,19H,1-6,9H2,(H,17,20)(H,18,21). The van der Waals surface area contributed by atoms with Crippen LogP contribution in [0.5, 0.6) is 5.75 Å². The van der Waals surface area contributed by atoms with Gasteiger partial charge in [0.25, 0.3) is 5.91 Å². The maximum Gasteiger partial charge on any atom is 0.255 e. The fourth-order valence-electron chi connectivity index (χ4n) is 3.07. The van der Waals surface area contributed by atoms with Crippen molar-refractivity contribution in [2.45, 2.75) is 44.6 Å². The van der Waals surface area contributed by atoms with E-state index in [0.29, 0.717) is 24.9 Å². The largest absolute Gasteiger partial charge is 0.507 e. The lowest BCUT2D eigenvalue weighted by Crippen LogP contribution is -2.47. The predicted octanol–water partition coefficient (Wildman–Crippen LogP) is 1.28. The van der Waals surface area contributed by atoms with E-state index in [-0.39, 0.29) is 23.6 Å². The summed E-state index contributed by atoms with van der Waals surface area (Å²) in [6, 6.07) is 3.48. The summed E-state index contributed by atoms with van der Waals surface area (Å²) in [7, 11) is 0. The van der Waals surface area contributed by atoms with Crippen molar-refractivity contribution in [2.75, 3.05) is 6.54 Å². The minimum Gasteiger partial charge on any atom is -0.507 e. The summed E-state index contributed by atoms with van der Waals surface area (Å²) >= 11 is 0. The molecule has 1 saturated heterocycles. The van der Waals surface area contributed by atoms with Gasteiger partial charge in [-0.1, -0.05) is 0 Å². The number of amides is 2. The minimum absolute atomic E-state index is 0.0251. The Kier molecular flexibility index (Phi) is 3.82. The van der Waals surface area contributed by atoms with E-state index in [1.54, 1.807) is 6.07 Å². The zero-order chi connectivity index (χ0) is 14.8. The highest BCUT2D eigenvalue weighted by Gasteiger charge is 2.22. The van der Waals surface area contributed by atoms with Gasteiger partial charge in [0.15, 0.2) is 0 Å². The normalized spacial score (nSPS) is 21.3. The second kappa shape index (κ2) is 5.76. The molecule has 1 aromatic rings. The SMILES string of the molecule is O=C1CCC(NC(=O)c2cc3c(cc2O)CCCC3)CN1. The van der Waals surface area contributed by atoms with Gasteiger partial charge in [-0.2, -0.15) is 0 Å². The molecule has 1 aliphatic heterocycles. The fourth-order valence-corrected chi connectivity index (χ4v) is 3.07. The Bertz CT molecular complexity index is 573. The van der Waals surface area contributed by atoms with Gasteiger partial charge in [0.1, 0.15) is 5.75 Å². The molecule has 1 unspecified atom stereocenters. The van der Waals surface area contributed by atoms with Gasteiger partial charge in [-0.3, -0.25) is 9.59 Å². The van der Waals surface area contributed by atoms with Crippen LogP contribution in [0.2, 0.25) is 0 Å². The molecule has 112 valence electrons. The molecule has 1 aliphatic carbocycles. The number of hydrogen-bond acceptors (Lipinski definition) is 3. The molecule has 0 radical (unpaired) electrons. The number of rotatable bonds is 2. The molecule has 0 bridgehead atoms. The summed E-state index contributed by atoms with van der Waals surface area (Å²) in [6.45, 7) is 0.455. The number of fused-ring (bicyclic) bond motifs is 1. The van der Waals surface area contributed by atoms with Crippen LogP contribution in [0.3, 0.4) is 0 Å². The van der Waals surface area contributed by atoms with Crippen LogP contribution < -0.4 is 10.6 Å². The van der Waals surface area contributed by atoms with E-state index in [1.165, 1.54) is 5.56 Å². The zero-order valence-corrected chi connectivity index (χ0v) is 11.9. The lowest BCUT2D eigenvalue weighted by Gasteiger charge is -2.24. The van der Waals surface area contributed by atoms with Crippen molar-refractivity contribution in [1.29, 1.82) is 0 Å². The van der Waals surface area contributed by atoms with E-state index in [2.05, 4.69) is 10.6 Å². The van der Waals surface area contributed by atoms with E-state index in [9.17, 15) is 14.7 Å². The maximum atomic E-state index is 12.3. The number of phenols is 1. The van der Waals surface area contributed by atoms with Crippen LogP contribution in [0.25, 0.3) is 0 Å². The van der Waals surface area contributed by atoms with Gasteiger partial charge in [0.05, 0.1) is 5.56 Å². The molecule has 3 N–H and O–H groups in total. The van der Waals surface area contributed by atoms with Crippen LogP contribution in [-0.4, -0.2) is 29.5 Å². The van der Waals surface area contributed by atoms with Gasteiger partial charge >= 0.3 is 0 Å².